The van der Waals surface area contributed by atoms with E-state index < -0.39 is 27.4 Å². The molecule has 1 amide bonds. The Balaban J connectivity index is 2.17. The molecule has 0 atom stereocenters. The van der Waals surface area contributed by atoms with Crippen LogP contribution < -0.4 is 23.9 Å². The first-order valence-electron chi connectivity index (χ1n) is 8.94. The smallest absolute Gasteiger partial charge is 0.311 e. The number of nitrogens with zero attached hydrogens (tertiary/aromatic N) is 3. The van der Waals surface area contributed by atoms with Crippen LogP contribution in [-0.2, 0) is 14.8 Å². The number of nitrogens with one attached hydrogen (secondary N) is 1. The molecule has 0 spiro atoms. The normalized spacial score (nSPS) is 11.1. The maximum Gasteiger partial charge on any atom is 0.311 e. The summed E-state index contributed by atoms with van der Waals surface area (Å²) in [4.78, 5) is 22.8. The lowest BCUT2D eigenvalue weighted by Crippen LogP contribution is -2.39. The highest BCUT2D eigenvalue weighted by Crippen LogP contribution is 2.32. The first-order valence-corrected chi connectivity index (χ1v) is 10.8. The second-order valence-electron chi connectivity index (χ2n) is 6.29. The first kappa shape index (κ1) is 24.4. The molecule has 12 nitrogen and oxygen atoms in total. The number of methoxy groups -OCH3 is 3. The van der Waals surface area contributed by atoms with Gasteiger partial charge in [-0.25, -0.2) is 13.8 Å². The summed E-state index contributed by atoms with van der Waals surface area (Å²) in [5, 5.41) is 14.8. The predicted octanol–water partition coefficient (Wildman–Crippen LogP) is 1.54. The number of hydrogen-bond acceptors (Lipinski definition) is 9. The maximum atomic E-state index is 12.3. The number of carbonyl (C=O) groups excluding carboxylic acids is 1. The van der Waals surface area contributed by atoms with E-state index in [1.54, 1.807) is 0 Å². The molecule has 172 valence electrons. The lowest BCUT2D eigenvalue weighted by molar-refractivity contribution is -0.385. The molecule has 13 heteroatoms. The van der Waals surface area contributed by atoms with Crippen molar-refractivity contribution in [3.8, 4) is 17.2 Å². The maximum absolute atomic E-state index is 12.3. The lowest BCUT2D eigenvalue weighted by Gasteiger charge is -2.22. The number of hydrogen-bond donors (Lipinski definition) is 1. The summed E-state index contributed by atoms with van der Waals surface area (Å²) in [5.41, 5.74) is 2.46. The van der Waals surface area contributed by atoms with Gasteiger partial charge in [0.15, 0.2) is 17.2 Å². The standard InChI is InChI=1S/C19H22N4O8S/c1-29-16-7-5-13(9-15(16)23(25)26)11-20-21-19(24)12-22(32(4,27)28)14-6-8-17(30-2)18(10-14)31-3/h5-11H,12H2,1-4H3,(H,21,24)/b20-11-. The summed E-state index contributed by atoms with van der Waals surface area (Å²) >= 11 is 0. The van der Waals surface area contributed by atoms with Crippen LogP contribution in [0.3, 0.4) is 0 Å². The number of sulfonamides is 1. The summed E-state index contributed by atoms with van der Waals surface area (Å²) in [6.07, 6.45) is 2.14. The molecule has 0 aliphatic carbocycles. The van der Waals surface area contributed by atoms with Crippen molar-refractivity contribution in [3.63, 3.8) is 0 Å². The number of anilines is 1. The molecule has 0 saturated heterocycles. The molecule has 0 aliphatic rings. The molecule has 2 rings (SSSR count). The zero-order valence-electron chi connectivity index (χ0n) is 17.8. The van der Waals surface area contributed by atoms with Gasteiger partial charge < -0.3 is 14.2 Å². The Bertz CT molecular complexity index is 1130. The number of hydrazone groups is 1. The van der Waals surface area contributed by atoms with Gasteiger partial charge in [0.1, 0.15) is 6.54 Å². The summed E-state index contributed by atoms with van der Waals surface area (Å²) in [5.74, 6) is 0.0323. The third-order valence-corrected chi connectivity index (χ3v) is 5.29. The molecule has 0 fully saturated rings. The van der Waals surface area contributed by atoms with E-state index in [1.807, 2.05) is 0 Å². The van der Waals surface area contributed by atoms with Crippen molar-refractivity contribution < 1.29 is 32.3 Å². The molecular weight excluding hydrogens is 444 g/mol. The molecule has 0 aliphatic heterocycles. The topological polar surface area (TPSA) is 150 Å². The van der Waals surface area contributed by atoms with Gasteiger partial charge in [0, 0.05) is 17.7 Å². The van der Waals surface area contributed by atoms with E-state index in [-0.39, 0.29) is 22.9 Å². The molecule has 1 N–H and O–H groups in total. The van der Waals surface area contributed by atoms with E-state index in [2.05, 4.69) is 10.5 Å². The molecule has 0 aromatic heterocycles. The average molecular weight is 466 g/mol. The van der Waals surface area contributed by atoms with Gasteiger partial charge in [-0.2, -0.15) is 5.10 Å². The molecule has 0 saturated carbocycles. The van der Waals surface area contributed by atoms with Gasteiger partial charge in [-0.3, -0.25) is 19.2 Å². The Kier molecular flexibility index (Phi) is 7.96. The van der Waals surface area contributed by atoms with Crippen LogP contribution in [0.1, 0.15) is 5.56 Å². The zero-order valence-corrected chi connectivity index (χ0v) is 18.6. The Morgan fingerprint density at radius 3 is 2.28 bits per heavy atom. The van der Waals surface area contributed by atoms with Crippen LogP contribution >= 0.6 is 0 Å². The lowest BCUT2D eigenvalue weighted by atomic mass is 10.2. The van der Waals surface area contributed by atoms with Gasteiger partial charge in [0.25, 0.3) is 5.91 Å². The number of ether oxygens (including phenoxy) is 3. The zero-order chi connectivity index (χ0) is 23.9. The minimum absolute atomic E-state index is 0.0786. The fraction of sp³-hybridized carbons (Fsp3) is 0.263. The van der Waals surface area contributed by atoms with E-state index in [0.717, 1.165) is 10.6 Å². The van der Waals surface area contributed by atoms with Crippen molar-refractivity contribution in [1.29, 1.82) is 0 Å². The SMILES string of the molecule is COc1ccc(N(CC(=O)N/N=C\c2ccc(OC)c([N+](=O)[O-])c2)S(C)(=O)=O)cc1OC. The number of carbonyl (C=O) groups is 1. The van der Waals surface area contributed by atoms with E-state index >= 15 is 0 Å². The van der Waals surface area contributed by atoms with Crippen LogP contribution in [0.5, 0.6) is 17.2 Å². The Hall–Kier alpha value is -3.87. The van der Waals surface area contributed by atoms with Crippen LogP contribution in [0.4, 0.5) is 11.4 Å². The minimum Gasteiger partial charge on any atom is -0.493 e. The first-order chi connectivity index (χ1) is 15.1. The van der Waals surface area contributed by atoms with Crippen molar-refractivity contribution in [2.24, 2.45) is 5.10 Å². The number of nitro benzene ring substituents is 1. The van der Waals surface area contributed by atoms with Crippen molar-refractivity contribution in [2.75, 3.05) is 38.4 Å². The van der Waals surface area contributed by atoms with Crippen molar-refractivity contribution in [1.82, 2.24) is 5.43 Å². The van der Waals surface area contributed by atoms with Crippen LogP contribution in [-0.4, -0.2) is 59.6 Å². The van der Waals surface area contributed by atoms with Gasteiger partial charge in [-0.05, 0) is 24.3 Å². The van der Waals surface area contributed by atoms with E-state index in [1.165, 1.54) is 63.9 Å². The van der Waals surface area contributed by atoms with Gasteiger partial charge in [-0.15, -0.1) is 0 Å². The predicted molar refractivity (Wildman–Crippen MR) is 117 cm³/mol. The van der Waals surface area contributed by atoms with Crippen molar-refractivity contribution in [3.05, 3.63) is 52.1 Å². The largest absolute Gasteiger partial charge is 0.493 e. The second-order valence-corrected chi connectivity index (χ2v) is 8.20. The van der Waals surface area contributed by atoms with Crippen LogP contribution in [0.15, 0.2) is 41.5 Å². The van der Waals surface area contributed by atoms with Crippen LogP contribution in [0, 0.1) is 10.1 Å². The summed E-state index contributed by atoms with van der Waals surface area (Å²) in [7, 11) is 0.325. The van der Waals surface area contributed by atoms with Crippen molar-refractivity contribution in [2.45, 2.75) is 0 Å². The number of benzene rings is 2. The molecule has 0 heterocycles. The second kappa shape index (κ2) is 10.4. The van der Waals surface area contributed by atoms with Crippen LogP contribution in [0.2, 0.25) is 0 Å². The third kappa shape index (κ3) is 6.07. The minimum atomic E-state index is -3.82. The molecule has 2 aromatic rings. The number of amides is 1. The molecule has 2 aromatic carbocycles. The Morgan fingerprint density at radius 2 is 1.72 bits per heavy atom. The summed E-state index contributed by atoms with van der Waals surface area (Å²) < 4.78 is 40.6. The number of nitro groups is 1. The molecule has 32 heavy (non-hydrogen) atoms. The van der Waals surface area contributed by atoms with E-state index in [4.69, 9.17) is 14.2 Å². The molecule has 0 bridgehead atoms. The van der Waals surface area contributed by atoms with Gasteiger partial charge in [-0.1, -0.05) is 0 Å². The number of rotatable bonds is 10. The molecule has 0 unspecified atom stereocenters. The average Bonchev–Trinajstić information content (AvgIpc) is 2.76. The Morgan fingerprint density at radius 1 is 1.09 bits per heavy atom. The highest BCUT2D eigenvalue weighted by atomic mass is 32.2. The van der Waals surface area contributed by atoms with E-state index in [0.29, 0.717) is 11.3 Å². The van der Waals surface area contributed by atoms with Gasteiger partial charge in [0.05, 0.1) is 44.4 Å². The highest BCUT2D eigenvalue weighted by molar-refractivity contribution is 7.92. The third-order valence-electron chi connectivity index (χ3n) is 4.15. The van der Waals surface area contributed by atoms with Gasteiger partial charge >= 0.3 is 5.69 Å². The fourth-order valence-electron chi connectivity index (χ4n) is 2.65. The molecular formula is C19H22N4O8S. The fourth-order valence-corrected chi connectivity index (χ4v) is 3.50. The van der Waals surface area contributed by atoms with Crippen LogP contribution in [0.25, 0.3) is 0 Å². The van der Waals surface area contributed by atoms with Crippen molar-refractivity contribution >= 4 is 33.5 Å². The Labute approximate surface area is 184 Å². The monoisotopic (exact) mass is 466 g/mol. The van der Waals surface area contributed by atoms with E-state index in [9.17, 15) is 23.3 Å². The quantitative estimate of drug-likeness (QED) is 0.315. The highest BCUT2D eigenvalue weighted by Gasteiger charge is 2.22. The summed E-state index contributed by atoms with van der Waals surface area (Å²) in [6, 6.07) is 8.53. The summed E-state index contributed by atoms with van der Waals surface area (Å²) in [6.45, 7) is -0.561. The van der Waals surface area contributed by atoms with Gasteiger partial charge in [0.2, 0.25) is 10.0 Å². The molecule has 0 radical (unpaired) electrons.